The van der Waals surface area contributed by atoms with Crippen molar-refractivity contribution in [1.29, 1.82) is 0 Å². The number of allylic oxidation sites excluding steroid dienone is 8. The predicted octanol–water partition coefficient (Wildman–Crippen LogP) is 0.896. The zero-order chi connectivity index (χ0) is 58.2. The summed E-state index contributed by atoms with van der Waals surface area (Å²) < 4.78 is 62.6. The summed E-state index contributed by atoms with van der Waals surface area (Å²) in [4.78, 5) is 60.6. The molecule has 2 unspecified atom stereocenters. The Kier molecular flexibility index (Phi) is 26.7. The predicted molar refractivity (Wildman–Crippen MR) is 271 cm³/mol. The first kappa shape index (κ1) is 67.2. The van der Waals surface area contributed by atoms with Crippen LogP contribution in [0.4, 0.5) is 4.79 Å². The lowest BCUT2D eigenvalue weighted by atomic mass is 9.85. The van der Waals surface area contributed by atoms with E-state index in [4.69, 9.17) is 53.7 Å². The fourth-order valence-corrected chi connectivity index (χ4v) is 9.13. The number of hydrogen-bond acceptors (Lipinski definition) is 21. The maximum absolute atomic E-state index is 13.6. The first-order valence-corrected chi connectivity index (χ1v) is 26.6. The number of carbonyl (C=O) groups is 4. The molecule has 3 rings (SSSR count). The standard InChI is InChI=1S/C50H82N3O23P/c1-26(2)13-12-15-27(3)16-17-29(5)18-21-49(7,8)20-11-10-14-28(4)19-22-68-33(44(62)63)25-70-77(66,67)76-47-40(41(75-48(52)64)50(9,65)42(74-47)43(51)61)73-45-34(53-30(6)55)37(58)36(57)32(72-45)24-69-46-39(60)38(59)35(56)31(23-54)71-46/h11,13,16,19-20,31-42,45-47,54,56-60,65H,5,10,12,14-15,17-18,21-25H2,1-4,6-9H3,(H2,51,61)(H2,52,64)(H,53,55)(H,62,63)(H,66,67)/b20-11+,27-16+,28-19-/t31-,32-,33-,34-,35-,36-,37-,38+,39-,40-,41-,42-,45+,46?,47-,50+/m1/s1. The maximum atomic E-state index is 13.6. The van der Waals surface area contributed by atoms with Gasteiger partial charge >= 0.3 is 19.9 Å². The highest BCUT2D eigenvalue weighted by molar-refractivity contribution is 7.47. The average molecular weight is 1120 g/mol. The quantitative estimate of drug-likeness (QED) is 0.0351. The molecule has 3 aliphatic rings. The lowest BCUT2D eigenvalue weighted by molar-refractivity contribution is -0.358. The van der Waals surface area contributed by atoms with Gasteiger partial charge in [-0.3, -0.25) is 18.6 Å². The van der Waals surface area contributed by atoms with Crippen LogP contribution in [0.15, 0.2) is 59.3 Å². The number of carboxylic acids is 1. The number of phosphoric acid groups is 1. The van der Waals surface area contributed by atoms with Gasteiger partial charge in [-0.2, -0.15) is 0 Å². The number of ether oxygens (including phenoxy) is 7. The highest BCUT2D eigenvalue weighted by Crippen LogP contribution is 2.49. The van der Waals surface area contributed by atoms with Gasteiger partial charge in [0.05, 0.1) is 26.4 Å². The molecule has 3 amide bonds. The van der Waals surface area contributed by atoms with E-state index in [2.05, 4.69) is 70.8 Å². The number of phosphoric ester groups is 1. The fourth-order valence-electron chi connectivity index (χ4n) is 8.31. The smallest absolute Gasteiger partial charge is 0.474 e. The molecule has 26 nitrogen and oxygen atoms in total. The molecule has 3 aliphatic heterocycles. The van der Waals surface area contributed by atoms with Crippen LogP contribution >= 0.6 is 7.82 Å². The molecule has 0 spiro atoms. The van der Waals surface area contributed by atoms with Gasteiger partial charge in [0.15, 0.2) is 43.3 Å². The molecule has 27 heteroatoms. The van der Waals surface area contributed by atoms with E-state index in [1.54, 1.807) is 6.08 Å². The number of aliphatic hydroxyl groups is 7. The van der Waals surface area contributed by atoms with Gasteiger partial charge < -0.3 is 95.7 Å². The van der Waals surface area contributed by atoms with Gasteiger partial charge in [-0.15, -0.1) is 0 Å². The van der Waals surface area contributed by atoms with E-state index < -0.39 is 149 Å². The Labute approximate surface area is 448 Å². The molecule has 0 aromatic carbocycles. The Morgan fingerprint density at radius 2 is 1.47 bits per heavy atom. The van der Waals surface area contributed by atoms with E-state index in [9.17, 15) is 69.5 Å². The summed E-state index contributed by atoms with van der Waals surface area (Å²) in [5.74, 6) is -3.93. The minimum absolute atomic E-state index is 0.0889. The van der Waals surface area contributed by atoms with Crippen molar-refractivity contribution in [1.82, 2.24) is 5.32 Å². The van der Waals surface area contributed by atoms with E-state index in [1.165, 1.54) is 11.1 Å². The third-order valence-electron chi connectivity index (χ3n) is 12.9. The number of nitrogens with one attached hydrogen (secondary N) is 1. The molecular weight excluding hydrogens is 1040 g/mol. The summed E-state index contributed by atoms with van der Waals surface area (Å²) in [7, 11) is -5.63. The third-order valence-corrected chi connectivity index (χ3v) is 13.9. The van der Waals surface area contributed by atoms with E-state index in [1.807, 2.05) is 6.92 Å². The van der Waals surface area contributed by atoms with Gasteiger partial charge in [0.1, 0.15) is 54.4 Å². The van der Waals surface area contributed by atoms with Crippen LogP contribution in [0.2, 0.25) is 0 Å². The van der Waals surface area contributed by atoms with E-state index >= 15 is 0 Å². The molecule has 77 heavy (non-hydrogen) atoms. The van der Waals surface area contributed by atoms with Crippen molar-refractivity contribution in [3.63, 3.8) is 0 Å². The van der Waals surface area contributed by atoms with Crippen LogP contribution in [0.5, 0.6) is 0 Å². The first-order valence-electron chi connectivity index (χ1n) is 25.1. The number of nitrogens with two attached hydrogens (primary N) is 2. The molecule has 440 valence electrons. The molecule has 0 aliphatic carbocycles. The van der Waals surface area contributed by atoms with E-state index in [0.717, 1.165) is 57.1 Å². The largest absolute Gasteiger partial charge is 0.479 e. The number of carboxylic acid groups (broad SMARTS) is 1. The van der Waals surface area contributed by atoms with Crippen molar-refractivity contribution in [3.8, 4) is 0 Å². The van der Waals surface area contributed by atoms with Crippen molar-refractivity contribution in [3.05, 3.63) is 59.3 Å². The molecule has 3 saturated heterocycles. The molecule has 3 heterocycles. The molecule has 0 bridgehead atoms. The number of aliphatic hydroxyl groups excluding tert-OH is 6. The second kappa shape index (κ2) is 30.5. The minimum atomic E-state index is -5.63. The lowest BCUT2D eigenvalue weighted by Gasteiger charge is -2.50. The number of carbonyl (C=O) groups excluding carboxylic acids is 3. The number of hydrogen-bond donors (Lipinski definition) is 12. The Bertz CT molecular complexity index is 2150. The second-order valence-corrected chi connectivity index (χ2v) is 22.0. The van der Waals surface area contributed by atoms with Crippen LogP contribution in [0.1, 0.15) is 100 Å². The van der Waals surface area contributed by atoms with Crippen molar-refractivity contribution < 1.29 is 112 Å². The van der Waals surface area contributed by atoms with Gasteiger partial charge in [-0.1, -0.05) is 73.1 Å². The molecule has 14 N–H and O–H groups in total. The van der Waals surface area contributed by atoms with Crippen molar-refractivity contribution in [2.24, 2.45) is 16.9 Å². The molecule has 0 radical (unpaired) electrons. The molecule has 0 aromatic heterocycles. The molecule has 0 aromatic rings. The van der Waals surface area contributed by atoms with Crippen molar-refractivity contribution in [2.45, 2.75) is 198 Å². The SMILES string of the molecule is C=C(C/C=C(\C)CCC=C(C)C)CCC(C)(C)/C=C/CC/C(C)=C\CO[C@H](COP(=O)(O)O[C@H]1O[C@H](C(N)=O)[C@@](C)(O)[C@H](OC(N)=O)[C@H]1O[C@@H]1O[C@H](COC2O[C@H](CO)[C@@H](O)[C@H](O)[C@H]2O)[C@@H](O)[C@H](O)[C@H]1NC(C)=O)C(=O)O. The Morgan fingerprint density at radius 3 is 2.06 bits per heavy atom. The molecule has 17 atom stereocenters. The first-order chi connectivity index (χ1) is 35.8. The number of primary amides is 2. The summed E-state index contributed by atoms with van der Waals surface area (Å²) in [6.45, 7) is 15.5. The number of aliphatic carboxylic acids is 1. The zero-order valence-electron chi connectivity index (χ0n) is 44.9. The van der Waals surface area contributed by atoms with Gasteiger partial charge in [-0.05, 0) is 85.0 Å². The van der Waals surface area contributed by atoms with Crippen LogP contribution in [0, 0.1) is 5.41 Å². The van der Waals surface area contributed by atoms with Crippen LogP contribution in [0.3, 0.4) is 0 Å². The fraction of sp³-hybridized carbons (Fsp3) is 0.720. The summed E-state index contributed by atoms with van der Waals surface area (Å²) in [6, 6.07) is -1.81. The number of amides is 3. The van der Waals surface area contributed by atoms with Crippen LogP contribution in [-0.2, 0) is 61.2 Å². The molecule has 3 fully saturated rings. The lowest BCUT2D eigenvalue weighted by Crippen LogP contribution is -2.72. The Hall–Kier alpha value is -4.03. The van der Waals surface area contributed by atoms with Crippen LogP contribution < -0.4 is 16.8 Å². The maximum Gasteiger partial charge on any atom is 0.474 e. The van der Waals surface area contributed by atoms with Gasteiger partial charge in [0.25, 0.3) is 0 Å². The molecule has 0 saturated carbocycles. The monoisotopic (exact) mass is 1120 g/mol. The van der Waals surface area contributed by atoms with Gasteiger partial charge in [0, 0.05) is 6.92 Å². The summed E-state index contributed by atoms with van der Waals surface area (Å²) >= 11 is 0. The van der Waals surface area contributed by atoms with Gasteiger partial charge in [-0.25, -0.2) is 14.2 Å². The van der Waals surface area contributed by atoms with E-state index in [0.29, 0.717) is 12.8 Å². The number of rotatable bonds is 30. The van der Waals surface area contributed by atoms with Crippen LogP contribution in [-0.4, -0.2) is 194 Å². The average Bonchev–Trinajstić information content (AvgIpc) is 3.33. The Balaban J connectivity index is 1.75. The summed E-state index contributed by atoms with van der Waals surface area (Å²) in [5, 5.41) is 86.6. The second-order valence-electron chi connectivity index (χ2n) is 20.6. The summed E-state index contributed by atoms with van der Waals surface area (Å²) in [5.41, 5.74) is 12.6. The minimum Gasteiger partial charge on any atom is -0.479 e. The normalized spacial score (nSPS) is 32.5. The third kappa shape index (κ3) is 21.2. The van der Waals surface area contributed by atoms with Crippen molar-refractivity contribution in [2.75, 3.05) is 26.4 Å². The van der Waals surface area contributed by atoms with Crippen molar-refractivity contribution >= 4 is 31.7 Å². The van der Waals surface area contributed by atoms with E-state index in [-0.39, 0.29) is 12.0 Å². The Morgan fingerprint density at radius 1 is 0.844 bits per heavy atom. The highest BCUT2D eigenvalue weighted by atomic mass is 31.2. The summed E-state index contributed by atoms with van der Waals surface area (Å²) in [6.07, 6.45) is -13.3. The van der Waals surface area contributed by atoms with Crippen LogP contribution in [0.25, 0.3) is 0 Å². The topological polar surface area (TPSA) is 415 Å². The highest BCUT2D eigenvalue weighted by Gasteiger charge is 2.61. The molecular formula is C50H82N3O23P. The zero-order valence-corrected chi connectivity index (χ0v) is 45.8. The van der Waals surface area contributed by atoms with Gasteiger partial charge in [0.2, 0.25) is 11.8 Å².